The van der Waals surface area contributed by atoms with Crippen molar-refractivity contribution in [3.05, 3.63) is 60.7 Å². The van der Waals surface area contributed by atoms with E-state index in [2.05, 4.69) is 65.4 Å². The van der Waals surface area contributed by atoms with Gasteiger partial charge in [0, 0.05) is 35.2 Å². The molecular weight excluding hydrogens is 905 g/mol. The van der Waals surface area contributed by atoms with E-state index in [9.17, 15) is 19.2 Å². The number of nitrogens with one attached hydrogen (secondary N) is 2. The zero-order valence-corrected chi connectivity index (χ0v) is 41.2. The fraction of sp³-hybridized carbons (Fsp3) is 0.542. The highest BCUT2D eigenvalue weighted by molar-refractivity contribution is 7.99. The van der Waals surface area contributed by atoms with Gasteiger partial charge in [-0.05, 0) is 140 Å². The molecule has 2 aliphatic heterocycles. The molecule has 2 saturated heterocycles. The fourth-order valence-corrected chi connectivity index (χ4v) is 9.56. The quantitative estimate of drug-likeness (QED) is 0.0946. The second-order valence-corrected chi connectivity index (χ2v) is 19.1. The van der Waals surface area contributed by atoms with Crippen molar-refractivity contribution >= 4 is 46.9 Å². The summed E-state index contributed by atoms with van der Waals surface area (Å²) in [6.07, 6.45) is 2.32. The van der Waals surface area contributed by atoms with Gasteiger partial charge >= 0.3 is 0 Å². The van der Waals surface area contributed by atoms with E-state index in [1.165, 1.54) is 23.5 Å². The van der Waals surface area contributed by atoms with Crippen molar-refractivity contribution in [1.82, 2.24) is 60.8 Å². The molecule has 0 aliphatic carbocycles. The zero-order chi connectivity index (χ0) is 48.4. The van der Waals surface area contributed by atoms with E-state index in [1.807, 2.05) is 84.3 Å². The highest BCUT2D eigenvalue weighted by atomic mass is 32.2. The summed E-state index contributed by atoms with van der Waals surface area (Å²) in [6.45, 7) is 11.0. The molecule has 6 unspecified atom stereocenters. The number of Topliss-reactive ketones (excluding diaryl/α,β-unsaturated/α-hetero) is 2. The number of carbonyl (C=O) groups is 4. The summed E-state index contributed by atoms with van der Waals surface area (Å²) in [5.41, 5.74) is 0. The molecule has 20 heteroatoms. The van der Waals surface area contributed by atoms with Gasteiger partial charge in [-0.15, -0.1) is 10.2 Å². The van der Waals surface area contributed by atoms with E-state index in [1.54, 1.807) is 37.2 Å². The van der Waals surface area contributed by atoms with Crippen LogP contribution in [0.15, 0.2) is 80.8 Å². The van der Waals surface area contributed by atoms with Crippen LogP contribution in [0.2, 0.25) is 0 Å². The van der Waals surface area contributed by atoms with Crippen LogP contribution in [-0.4, -0.2) is 143 Å². The lowest BCUT2D eigenvalue weighted by Gasteiger charge is -2.31. The van der Waals surface area contributed by atoms with Crippen LogP contribution >= 0.6 is 23.5 Å². The Morgan fingerprint density at radius 3 is 2.00 bits per heavy atom. The van der Waals surface area contributed by atoms with Gasteiger partial charge < -0.3 is 25.0 Å². The predicted molar refractivity (Wildman–Crippen MR) is 256 cm³/mol. The Kier molecular flexibility index (Phi) is 20.1. The molecule has 18 nitrogen and oxygen atoms in total. The maximum Gasteiger partial charge on any atom is 0.229 e. The minimum Gasteiger partial charge on any atom is -0.365 e. The summed E-state index contributed by atoms with van der Waals surface area (Å²) in [6, 6.07) is 17.7. The summed E-state index contributed by atoms with van der Waals surface area (Å²) >= 11 is 2.90. The van der Waals surface area contributed by atoms with Gasteiger partial charge in [0.05, 0.1) is 49.5 Å². The Hall–Kier alpha value is -5.48. The first-order valence-corrected chi connectivity index (χ1v) is 24.9. The van der Waals surface area contributed by atoms with Crippen molar-refractivity contribution in [3.8, 4) is 23.7 Å². The second-order valence-electron chi connectivity index (χ2n) is 17.0. The standard InChI is InChI=1S/C48H62N12O6S2/c1-7-33(2)45(63)50-43(44(62)41-25-19-26-57(41)32-60-48(52-54-56-60)68-39-23-14-11-15-24-39)36(5)66-29-17-9-8-16-28-65-35(4)40(30-42(61)34(3)49-6)46(64)58-27-18-20-37(58)31-59-47(51-53-55-59)67-38-21-12-10-13-22-38/h10-15,21-24,33-37,40-41,43,49H,7,18-20,25-32H2,1-6H3,(H,50,63)/t33-,34+,35?,36?,37?,40?,41?,43?/m1/s1. The van der Waals surface area contributed by atoms with Crippen molar-refractivity contribution in [2.24, 2.45) is 11.8 Å². The van der Waals surface area contributed by atoms with Crippen LogP contribution in [0.25, 0.3) is 0 Å². The summed E-state index contributed by atoms with van der Waals surface area (Å²) < 4.78 is 15.6. The topological polar surface area (TPSA) is 204 Å². The summed E-state index contributed by atoms with van der Waals surface area (Å²) in [5, 5.41) is 31.9. The number of ketones is 2. The molecule has 4 heterocycles. The largest absolute Gasteiger partial charge is 0.365 e. The van der Waals surface area contributed by atoms with Crippen molar-refractivity contribution in [2.75, 3.05) is 33.4 Å². The van der Waals surface area contributed by atoms with Gasteiger partial charge in [-0.3, -0.25) is 24.1 Å². The number of nitrogens with zero attached hydrogens (tertiary/aromatic N) is 10. The van der Waals surface area contributed by atoms with Crippen molar-refractivity contribution < 1.29 is 28.7 Å². The Balaban J connectivity index is 1.04. The van der Waals surface area contributed by atoms with Gasteiger partial charge in [-0.1, -0.05) is 62.1 Å². The van der Waals surface area contributed by atoms with Crippen LogP contribution < -0.4 is 10.6 Å². The molecule has 6 rings (SSSR count). The van der Waals surface area contributed by atoms with E-state index in [0.29, 0.717) is 49.5 Å². The molecule has 8 atom stereocenters. The van der Waals surface area contributed by atoms with Crippen molar-refractivity contribution in [2.45, 2.75) is 143 Å². The maximum absolute atomic E-state index is 14.3. The van der Waals surface area contributed by atoms with Crippen molar-refractivity contribution in [3.63, 3.8) is 0 Å². The highest BCUT2D eigenvalue weighted by Crippen LogP contribution is 2.30. The van der Waals surface area contributed by atoms with Gasteiger partial charge in [0.15, 0.2) is 5.78 Å². The first-order valence-electron chi connectivity index (χ1n) is 23.2. The van der Waals surface area contributed by atoms with Gasteiger partial charge in [0.2, 0.25) is 22.1 Å². The Bertz CT molecular complexity index is 2230. The number of ether oxygens (including phenoxy) is 2. The van der Waals surface area contributed by atoms with Crippen LogP contribution in [-0.2, 0) is 41.9 Å². The minimum atomic E-state index is -0.915. The molecule has 0 spiro atoms. The first kappa shape index (κ1) is 51.9. The molecule has 2 N–H and O–H groups in total. The average Bonchev–Trinajstić information content (AvgIpc) is 4.20. The van der Waals surface area contributed by atoms with Gasteiger partial charge in [0.25, 0.3) is 0 Å². The van der Waals surface area contributed by atoms with Crippen LogP contribution in [0.1, 0.15) is 73.1 Å². The molecule has 0 bridgehead atoms. The number of likely N-dealkylation sites (N-methyl/N-ethyl adjacent to an activating group) is 1. The molecule has 68 heavy (non-hydrogen) atoms. The number of aromatic nitrogens is 8. The molecule has 2 aromatic carbocycles. The third-order valence-corrected chi connectivity index (χ3v) is 14.4. The third kappa shape index (κ3) is 14.5. The van der Waals surface area contributed by atoms with Crippen molar-refractivity contribution in [1.29, 1.82) is 0 Å². The molecule has 2 aliphatic rings. The lowest BCUT2D eigenvalue weighted by molar-refractivity contribution is -0.144. The molecule has 362 valence electrons. The first-order chi connectivity index (χ1) is 33.0. The number of likely N-dealkylation sites (tertiary alicyclic amines) is 2. The molecule has 2 amide bonds. The maximum atomic E-state index is 14.3. The smallest absolute Gasteiger partial charge is 0.229 e. The van der Waals surface area contributed by atoms with E-state index < -0.39 is 36.3 Å². The number of amides is 2. The van der Waals surface area contributed by atoms with Gasteiger partial charge in [-0.25, -0.2) is 9.36 Å². The molecule has 0 saturated carbocycles. The number of tetrazole rings is 2. The van der Waals surface area contributed by atoms with Crippen LogP contribution in [0.5, 0.6) is 0 Å². The normalized spacial score (nSPS) is 18.6. The van der Waals surface area contributed by atoms with Crippen LogP contribution in [0.3, 0.4) is 0 Å². The molecule has 2 aromatic heterocycles. The summed E-state index contributed by atoms with van der Waals surface area (Å²) in [4.78, 5) is 60.9. The number of hydrogen-bond donors (Lipinski definition) is 2. The van der Waals surface area contributed by atoms with E-state index in [-0.39, 0.29) is 55.0 Å². The van der Waals surface area contributed by atoms with E-state index in [4.69, 9.17) is 9.47 Å². The summed E-state index contributed by atoms with van der Waals surface area (Å²) in [5.74, 6) is 9.71. The number of hydrogen-bond acceptors (Lipinski definition) is 16. The lowest BCUT2D eigenvalue weighted by Crippen LogP contribution is -2.55. The number of benzene rings is 2. The lowest BCUT2D eigenvalue weighted by atomic mass is 9.92. The predicted octanol–water partition coefficient (Wildman–Crippen LogP) is 4.18. The SMILES string of the molecule is CC[C@@H](C)C(=O)NC(C(=O)C1CCCN1Cn1nnnc1Sc1ccccc1)C(C)OCC#CC#CCOC(C)C(CC(=O)[C@H](C)NC)C(=O)N1CCCC1Cn1nnnc1Sc1ccccc1. The minimum absolute atomic E-state index is 0.00219. The Morgan fingerprint density at radius 2 is 1.38 bits per heavy atom. The van der Waals surface area contributed by atoms with Gasteiger partial charge in [0.1, 0.15) is 25.0 Å². The van der Waals surface area contributed by atoms with Gasteiger partial charge in [-0.2, -0.15) is 0 Å². The highest BCUT2D eigenvalue weighted by Gasteiger charge is 2.40. The van der Waals surface area contributed by atoms with E-state index in [0.717, 1.165) is 29.1 Å². The summed E-state index contributed by atoms with van der Waals surface area (Å²) in [7, 11) is 1.71. The number of carbonyl (C=O) groups excluding carboxylic acids is 4. The van der Waals surface area contributed by atoms with Crippen LogP contribution in [0, 0.1) is 35.5 Å². The third-order valence-electron chi connectivity index (χ3n) is 12.4. The Morgan fingerprint density at radius 1 is 0.794 bits per heavy atom. The average molecular weight is 967 g/mol. The van der Waals surface area contributed by atoms with Crippen LogP contribution in [0.4, 0.5) is 0 Å². The monoisotopic (exact) mass is 966 g/mol. The molecule has 2 fully saturated rings. The molecular formula is C48H62N12O6S2. The number of rotatable bonds is 24. The second kappa shape index (κ2) is 26.3. The Labute approximate surface area is 407 Å². The van der Waals surface area contributed by atoms with E-state index >= 15 is 0 Å². The fourth-order valence-electron chi connectivity index (χ4n) is 7.98. The molecule has 4 aromatic rings. The zero-order valence-electron chi connectivity index (χ0n) is 39.6. The molecule has 0 radical (unpaired) electrons.